The number of carbonyl (C=O) groups is 1. The summed E-state index contributed by atoms with van der Waals surface area (Å²) in [4.78, 5) is 12.1. The van der Waals surface area contributed by atoms with Gasteiger partial charge in [0, 0.05) is 30.9 Å². The highest BCUT2D eigenvalue weighted by atomic mass is 32.2. The van der Waals surface area contributed by atoms with Crippen molar-refractivity contribution < 1.29 is 17.7 Å². The van der Waals surface area contributed by atoms with Crippen LogP contribution >= 0.6 is 0 Å². The molecule has 1 amide bonds. The lowest BCUT2D eigenvalue weighted by Gasteiger charge is -2.05. The number of benzene rings is 1. The van der Waals surface area contributed by atoms with E-state index in [9.17, 15) is 13.2 Å². The Balaban J connectivity index is 1.97. The van der Waals surface area contributed by atoms with Gasteiger partial charge in [0.1, 0.15) is 5.76 Å². The van der Waals surface area contributed by atoms with Gasteiger partial charge in [-0.1, -0.05) is 11.2 Å². The molecular weight excluding hydrogens is 292 g/mol. The van der Waals surface area contributed by atoms with Crippen LogP contribution in [0.3, 0.4) is 0 Å². The van der Waals surface area contributed by atoms with Crippen molar-refractivity contribution in [3.63, 3.8) is 0 Å². The van der Waals surface area contributed by atoms with Crippen LogP contribution in [0, 0.1) is 6.92 Å². The van der Waals surface area contributed by atoms with Crippen molar-refractivity contribution in [2.24, 2.45) is 0 Å². The maximum atomic E-state index is 12.0. The molecule has 1 N–H and O–H groups in total. The summed E-state index contributed by atoms with van der Waals surface area (Å²) < 4.78 is 27.8. The lowest BCUT2D eigenvalue weighted by molar-refractivity contribution is 0.0953. The van der Waals surface area contributed by atoms with E-state index in [1.807, 2.05) is 0 Å². The van der Waals surface area contributed by atoms with Crippen LogP contribution in [0.4, 0.5) is 0 Å². The SMILES string of the molecule is Cc1cc(CCNC(=O)c2cccc(S(C)(=O)=O)c2)no1. The predicted octanol–water partition coefficient (Wildman–Crippen LogP) is 1.36. The summed E-state index contributed by atoms with van der Waals surface area (Å²) in [5.41, 5.74) is 1.08. The van der Waals surface area contributed by atoms with Crippen LogP contribution in [0.1, 0.15) is 21.8 Å². The van der Waals surface area contributed by atoms with Crippen molar-refractivity contribution in [3.05, 3.63) is 47.3 Å². The van der Waals surface area contributed by atoms with Crippen molar-refractivity contribution >= 4 is 15.7 Å². The zero-order valence-electron chi connectivity index (χ0n) is 11.8. The van der Waals surface area contributed by atoms with Crippen molar-refractivity contribution in [2.75, 3.05) is 12.8 Å². The van der Waals surface area contributed by atoms with Crippen molar-refractivity contribution in [1.82, 2.24) is 10.5 Å². The number of rotatable bonds is 5. The minimum atomic E-state index is -3.32. The van der Waals surface area contributed by atoms with Gasteiger partial charge in [0.05, 0.1) is 10.6 Å². The average Bonchev–Trinajstić information content (AvgIpc) is 2.83. The lowest BCUT2D eigenvalue weighted by Crippen LogP contribution is -2.25. The summed E-state index contributed by atoms with van der Waals surface area (Å²) >= 11 is 0. The maximum Gasteiger partial charge on any atom is 0.251 e. The van der Waals surface area contributed by atoms with Crippen molar-refractivity contribution in [1.29, 1.82) is 0 Å². The van der Waals surface area contributed by atoms with Crippen LogP contribution in [0.25, 0.3) is 0 Å². The zero-order chi connectivity index (χ0) is 15.5. The molecule has 0 bridgehead atoms. The van der Waals surface area contributed by atoms with Gasteiger partial charge in [-0.15, -0.1) is 0 Å². The van der Waals surface area contributed by atoms with Gasteiger partial charge in [-0.25, -0.2) is 8.42 Å². The Labute approximate surface area is 123 Å². The normalized spacial score (nSPS) is 11.3. The molecule has 2 aromatic rings. The quantitative estimate of drug-likeness (QED) is 0.901. The van der Waals surface area contributed by atoms with Crippen LogP contribution < -0.4 is 5.32 Å². The number of nitrogens with one attached hydrogen (secondary N) is 1. The van der Waals surface area contributed by atoms with E-state index in [0.717, 1.165) is 17.7 Å². The Hall–Kier alpha value is -2.15. The van der Waals surface area contributed by atoms with E-state index in [2.05, 4.69) is 10.5 Å². The van der Waals surface area contributed by atoms with E-state index in [0.29, 0.717) is 18.5 Å². The van der Waals surface area contributed by atoms with E-state index in [1.165, 1.54) is 12.1 Å². The summed E-state index contributed by atoms with van der Waals surface area (Å²) in [7, 11) is -3.32. The van der Waals surface area contributed by atoms with E-state index in [4.69, 9.17) is 4.52 Å². The fourth-order valence-electron chi connectivity index (χ4n) is 1.81. The van der Waals surface area contributed by atoms with Crippen LogP contribution in [0.5, 0.6) is 0 Å². The maximum absolute atomic E-state index is 12.0. The molecule has 2 rings (SSSR count). The monoisotopic (exact) mass is 308 g/mol. The Bertz CT molecular complexity index is 750. The molecule has 1 aromatic heterocycles. The number of amides is 1. The molecule has 0 aliphatic carbocycles. The van der Waals surface area contributed by atoms with Gasteiger partial charge < -0.3 is 9.84 Å². The second kappa shape index (κ2) is 6.09. The fraction of sp³-hybridized carbons (Fsp3) is 0.286. The Morgan fingerprint density at radius 2 is 2.10 bits per heavy atom. The first-order valence-electron chi connectivity index (χ1n) is 6.37. The molecular formula is C14H16N2O4S. The number of hydrogen-bond donors (Lipinski definition) is 1. The number of nitrogens with zero attached hydrogens (tertiary/aromatic N) is 1. The Kier molecular flexibility index (Phi) is 4.42. The molecule has 0 aliphatic rings. The van der Waals surface area contributed by atoms with Gasteiger partial charge in [-0.05, 0) is 25.1 Å². The lowest BCUT2D eigenvalue weighted by atomic mass is 10.2. The highest BCUT2D eigenvalue weighted by Gasteiger charge is 2.11. The third kappa shape index (κ3) is 4.16. The first-order valence-corrected chi connectivity index (χ1v) is 8.26. The molecule has 1 aromatic carbocycles. The smallest absolute Gasteiger partial charge is 0.251 e. The molecule has 0 radical (unpaired) electrons. The Morgan fingerprint density at radius 3 is 2.71 bits per heavy atom. The largest absolute Gasteiger partial charge is 0.361 e. The van der Waals surface area contributed by atoms with Gasteiger partial charge >= 0.3 is 0 Å². The number of carbonyl (C=O) groups excluding carboxylic acids is 1. The number of aryl methyl sites for hydroxylation is 1. The highest BCUT2D eigenvalue weighted by Crippen LogP contribution is 2.11. The number of sulfone groups is 1. The van der Waals surface area contributed by atoms with Gasteiger partial charge in [0.25, 0.3) is 5.91 Å². The minimum Gasteiger partial charge on any atom is -0.361 e. The molecule has 0 saturated carbocycles. The molecule has 0 atom stereocenters. The molecule has 0 aliphatic heterocycles. The van der Waals surface area contributed by atoms with E-state index in [-0.39, 0.29) is 10.8 Å². The molecule has 112 valence electrons. The van der Waals surface area contributed by atoms with Gasteiger partial charge in [-0.2, -0.15) is 0 Å². The zero-order valence-corrected chi connectivity index (χ0v) is 12.6. The first kappa shape index (κ1) is 15.2. The highest BCUT2D eigenvalue weighted by molar-refractivity contribution is 7.90. The topological polar surface area (TPSA) is 89.3 Å². The Morgan fingerprint density at radius 1 is 1.33 bits per heavy atom. The van der Waals surface area contributed by atoms with Gasteiger partial charge in [0.2, 0.25) is 0 Å². The van der Waals surface area contributed by atoms with E-state index in [1.54, 1.807) is 25.1 Å². The number of aromatic nitrogens is 1. The van der Waals surface area contributed by atoms with Crippen LogP contribution in [-0.2, 0) is 16.3 Å². The molecule has 1 heterocycles. The third-order valence-corrected chi connectivity index (χ3v) is 3.98. The van der Waals surface area contributed by atoms with E-state index < -0.39 is 9.84 Å². The summed E-state index contributed by atoms with van der Waals surface area (Å²) in [6.45, 7) is 2.19. The fourth-order valence-corrected chi connectivity index (χ4v) is 2.48. The predicted molar refractivity (Wildman–Crippen MR) is 76.8 cm³/mol. The van der Waals surface area contributed by atoms with Gasteiger partial charge in [-0.3, -0.25) is 4.79 Å². The standard InChI is InChI=1S/C14H16N2O4S/c1-10-8-12(16-20-10)6-7-15-14(17)11-4-3-5-13(9-11)21(2,18)19/h3-5,8-9H,6-7H2,1-2H3,(H,15,17). The molecule has 0 saturated heterocycles. The molecule has 0 unspecified atom stereocenters. The van der Waals surface area contributed by atoms with Crippen LogP contribution in [0.15, 0.2) is 39.8 Å². The molecule has 6 nitrogen and oxygen atoms in total. The molecule has 21 heavy (non-hydrogen) atoms. The van der Waals surface area contributed by atoms with Crippen LogP contribution in [-0.4, -0.2) is 32.3 Å². The summed E-state index contributed by atoms with van der Waals surface area (Å²) in [5, 5.41) is 6.55. The van der Waals surface area contributed by atoms with Gasteiger partial charge in [0.15, 0.2) is 9.84 Å². The summed E-state index contributed by atoms with van der Waals surface area (Å²) in [6.07, 6.45) is 1.66. The minimum absolute atomic E-state index is 0.127. The first-order chi connectivity index (χ1) is 9.86. The number of hydrogen-bond acceptors (Lipinski definition) is 5. The van der Waals surface area contributed by atoms with Crippen molar-refractivity contribution in [3.8, 4) is 0 Å². The molecule has 0 fully saturated rings. The second-order valence-electron chi connectivity index (χ2n) is 4.73. The third-order valence-electron chi connectivity index (χ3n) is 2.87. The van der Waals surface area contributed by atoms with Crippen LogP contribution in [0.2, 0.25) is 0 Å². The molecule has 0 spiro atoms. The summed E-state index contributed by atoms with van der Waals surface area (Å²) in [6, 6.07) is 7.75. The van der Waals surface area contributed by atoms with Crippen molar-refractivity contribution in [2.45, 2.75) is 18.2 Å². The average molecular weight is 308 g/mol. The summed E-state index contributed by atoms with van der Waals surface area (Å²) in [5.74, 6) is 0.401. The van der Waals surface area contributed by atoms with E-state index >= 15 is 0 Å². The molecule has 7 heteroatoms. The second-order valence-corrected chi connectivity index (χ2v) is 6.75.